The molecule has 0 N–H and O–H groups in total. The Labute approximate surface area is 90.0 Å². The monoisotopic (exact) mass is 218 g/mol. The third-order valence-corrected chi connectivity index (χ3v) is 3.71. The van der Waals surface area contributed by atoms with Crippen LogP contribution in [0.2, 0.25) is 19.6 Å². The average molecular weight is 218 g/mol. The molecule has 0 radical (unpaired) electrons. The van der Waals surface area contributed by atoms with Gasteiger partial charge in [-0.2, -0.15) is 0 Å². The number of hydrogen-bond acceptors (Lipinski definition) is 3. The van der Waals surface area contributed by atoms with Crippen LogP contribution in [0.1, 0.15) is 0 Å². The van der Waals surface area contributed by atoms with E-state index in [2.05, 4.69) is 35.2 Å². The van der Waals surface area contributed by atoms with Gasteiger partial charge in [0.25, 0.3) is 0 Å². The predicted molar refractivity (Wildman–Crippen MR) is 62.0 cm³/mol. The van der Waals surface area contributed by atoms with Crippen molar-refractivity contribution in [3.63, 3.8) is 0 Å². The minimum absolute atomic E-state index is 0.870. The van der Waals surface area contributed by atoms with E-state index in [0.29, 0.717) is 0 Å². The van der Waals surface area contributed by atoms with E-state index in [1.54, 1.807) is 0 Å². The van der Waals surface area contributed by atoms with Crippen LogP contribution in [-0.4, -0.2) is 28.1 Å². The van der Waals surface area contributed by atoms with Crippen LogP contribution < -0.4 is 0 Å². The van der Waals surface area contributed by atoms with E-state index in [1.165, 1.54) is 0 Å². The van der Waals surface area contributed by atoms with E-state index in [-0.39, 0.29) is 0 Å². The lowest BCUT2D eigenvalue weighted by Crippen LogP contribution is -2.34. The zero-order valence-corrected chi connectivity index (χ0v) is 10.2. The molecule has 0 saturated carbocycles. The molecule has 5 heteroatoms. The normalized spacial score (nSPS) is 11.7. The number of rotatable bonds is 2. The Morgan fingerprint density at radius 2 is 1.73 bits per heavy atom. The Balaban J connectivity index is 2.51. The third kappa shape index (κ3) is 1.97. The summed E-state index contributed by atoms with van der Waals surface area (Å²) in [6.45, 7) is 6.65. The van der Waals surface area contributed by atoms with Crippen molar-refractivity contribution in [1.29, 1.82) is 0 Å². The molecule has 0 unspecified atom stereocenters. The summed E-state index contributed by atoms with van der Waals surface area (Å²) in [4.78, 5) is 0. The molecule has 1 aromatic carbocycles. The lowest BCUT2D eigenvalue weighted by molar-refractivity contribution is 0.821. The van der Waals surface area contributed by atoms with Gasteiger partial charge in [0.2, 0.25) is 0 Å². The fourth-order valence-electron chi connectivity index (χ4n) is 1.41. The maximum Gasteiger partial charge on any atom is 0.181 e. The second-order valence-corrected chi connectivity index (χ2v) is 9.22. The summed E-state index contributed by atoms with van der Waals surface area (Å²) in [5.41, 5.74) is 1.07. The lowest BCUT2D eigenvalue weighted by atomic mass is 10.2. The molecule has 0 saturated heterocycles. The fraction of sp³-hybridized carbons (Fsp3) is 0.300. The van der Waals surface area contributed by atoms with E-state index in [1.807, 2.05) is 34.7 Å². The van der Waals surface area contributed by atoms with Gasteiger partial charge in [-0.25, -0.2) is 0 Å². The summed E-state index contributed by atoms with van der Waals surface area (Å²) in [5, 5.41) is 11.9. The van der Waals surface area contributed by atoms with Crippen molar-refractivity contribution in [3.8, 4) is 11.4 Å². The fourth-order valence-corrected chi connectivity index (χ4v) is 2.52. The first-order chi connectivity index (χ1) is 7.09. The Morgan fingerprint density at radius 1 is 1.07 bits per heavy atom. The Morgan fingerprint density at radius 3 is 2.33 bits per heavy atom. The number of hydrogen-bond donors (Lipinski definition) is 0. The van der Waals surface area contributed by atoms with E-state index < -0.39 is 8.24 Å². The van der Waals surface area contributed by atoms with Gasteiger partial charge >= 0.3 is 0 Å². The van der Waals surface area contributed by atoms with Crippen LogP contribution in [0.4, 0.5) is 0 Å². The molecule has 0 bridgehead atoms. The topological polar surface area (TPSA) is 43.6 Å². The Kier molecular flexibility index (Phi) is 2.40. The molecule has 0 amide bonds. The first-order valence-electron chi connectivity index (χ1n) is 4.93. The second-order valence-electron chi connectivity index (χ2n) is 4.45. The molecule has 4 nitrogen and oxygen atoms in total. The summed E-state index contributed by atoms with van der Waals surface area (Å²) >= 11 is 0. The molecule has 0 aliphatic carbocycles. The largest absolute Gasteiger partial charge is 0.258 e. The minimum Gasteiger partial charge on any atom is -0.258 e. The smallest absolute Gasteiger partial charge is 0.181 e. The quantitative estimate of drug-likeness (QED) is 0.724. The van der Waals surface area contributed by atoms with Gasteiger partial charge in [0, 0.05) is 5.56 Å². The van der Waals surface area contributed by atoms with Gasteiger partial charge < -0.3 is 0 Å². The lowest BCUT2D eigenvalue weighted by Gasteiger charge is -2.17. The molecule has 0 aliphatic rings. The molecule has 0 aliphatic heterocycles. The second kappa shape index (κ2) is 3.58. The van der Waals surface area contributed by atoms with E-state index in [4.69, 9.17) is 0 Å². The number of benzene rings is 1. The van der Waals surface area contributed by atoms with Crippen LogP contribution >= 0.6 is 0 Å². The van der Waals surface area contributed by atoms with E-state index in [9.17, 15) is 0 Å². The van der Waals surface area contributed by atoms with Crippen molar-refractivity contribution in [1.82, 2.24) is 19.9 Å². The van der Waals surface area contributed by atoms with E-state index in [0.717, 1.165) is 11.4 Å². The SMILES string of the molecule is C[Si](C)(C)n1nnnc1-c1ccccc1. The highest BCUT2D eigenvalue weighted by molar-refractivity contribution is 6.74. The van der Waals surface area contributed by atoms with Gasteiger partial charge in [0.15, 0.2) is 14.1 Å². The van der Waals surface area contributed by atoms with Gasteiger partial charge in [0.1, 0.15) is 0 Å². The van der Waals surface area contributed by atoms with Crippen LogP contribution in [0.15, 0.2) is 30.3 Å². The molecule has 0 spiro atoms. The van der Waals surface area contributed by atoms with Crippen molar-refractivity contribution in [2.45, 2.75) is 19.6 Å². The number of nitrogens with zero attached hydrogens (tertiary/aromatic N) is 4. The van der Waals surface area contributed by atoms with Crippen LogP contribution in [0.3, 0.4) is 0 Å². The first-order valence-corrected chi connectivity index (χ1v) is 8.38. The molecule has 2 aromatic rings. The van der Waals surface area contributed by atoms with Crippen LogP contribution in [0.5, 0.6) is 0 Å². The highest BCUT2D eigenvalue weighted by Crippen LogP contribution is 2.18. The highest BCUT2D eigenvalue weighted by atomic mass is 28.3. The summed E-state index contributed by atoms with van der Waals surface area (Å²) < 4.78 is 1.97. The average Bonchev–Trinajstić information content (AvgIpc) is 2.67. The Bertz CT molecular complexity index is 444. The number of tetrazole rings is 1. The minimum atomic E-state index is -1.53. The molecule has 0 fully saturated rings. The Hall–Kier alpha value is -1.49. The molecule has 2 rings (SSSR count). The molecular formula is C10H14N4Si. The van der Waals surface area contributed by atoms with Gasteiger partial charge in [-0.3, -0.25) is 4.35 Å². The summed E-state index contributed by atoms with van der Waals surface area (Å²) in [7, 11) is -1.53. The van der Waals surface area contributed by atoms with Crippen LogP contribution in [0, 0.1) is 0 Å². The maximum absolute atomic E-state index is 4.09. The van der Waals surface area contributed by atoms with Crippen LogP contribution in [-0.2, 0) is 0 Å². The zero-order valence-electron chi connectivity index (χ0n) is 9.18. The van der Waals surface area contributed by atoms with Crippen molar-refractivity contribution in [3.05, 3.63) is 30.3 Å². The zero-order chi connectivity index (χ0) is 10.9. The highest BCUT2D eigenvalue weighted by Gasteiger charge is 2.22. The van der Waals surface area contributed by atoms with Crippen molar-refractivity contribution >= 4 is 8.24 Å². The van der Waals surface area contributed by atoms with Crippen molar-refractivity contribution < 1.29 is 0 Å². The molecule has 0 atom stereocenters. The first kappa shape index (κ1) is 10.0. The third-order valence-electron chi connectivity index (χ3n) is 2.14. The van der Waals surface area contributed by atoms with Gasteiger partial charge in [-0.1, -0.05) is 35.5 Å². The number of aromatic nitrogens is 4. The maximum atomic E-state index is 4.09. The standard InChI is InChI=1S/C10H14N4Si/c1-15(2,3)14-10(11-12-13-14)9-7-5-4-6-8-9/h4-8H,1-3H3. The van der Waals surface area contributed by atoms with Crippen molar-refractivity contribution in [2.75, 3.05) is 0 Å². The van der Waals surface area contributed by atoms with Gasteiger partial charge in [-0.15, -0.1) is 5.10 Å². The van der Waals surface area contributed by atoms with Gasteiger partial charge in [-0.05, 0) is 24.9 Å². The van der Waals surface area contributed by atoms with Crippen molar-refractivity contribution in [2.24, 2.45) is 0 Å². The molecule has 78 valence electrons. The summed E-state index contributed by atoms with van der Waals surface area (Å²) in [6.07, 6.45) is 0. The molecular weight excluding hydrogens is 204 g/mol. The molecule has 1 heterocycles. The van der Waals surface area contributed by atoms with Gasteiger partial charge in [0.05, 0.1) is 0 Å². The predicted octanol–water partition coefficient (Wildman–Crippen LogP) is 2.02. The van der Waals surface area contributed by atoms with E-state index >= 15 is 0 Å². The molecule has 1 aromatic heterocycles. The summed E-state index contributed by atoms with van der Waals surface area (Å²) in [5.74, 6) is 0.870. The summed E-state index contributed by atoms with van der Waals surface area (Å²) in [6, 6.07) is 10.0. The molecule has 15 heavy (non-hydrogen) atoms. The van der Waals surface area contributed by atoms with Crippen LogP contribution in [0.25, 0.3) is 11.4 Å².